The number of methoxy groups -OCH3 is 2. The average Bonchev–Trinajstić information content (AvgIpc) is 3.18. The number of nitrogens with zero attached hydrogens (tertiary/aromatic N) is 1. The fourth-order valence-electron chi connectivity index (χ4n) is 4.45. The van der Waals surface area contributed by atoms with Gasteiger partial charge in [0.15, 0.2) is 0 Å². The van der Waals surface area contributed by atoms with Crippen molar-refractivity contribution < 1.29 is 14.3 Å². The standard InChI is InChI=1S/C26H24N2O3S/c1-30-17-12-10-15(11-13-17)21-19-8-3-4-9-20(19)28-26-22(21)23(27)25(32-26)24(29)16-6-5-7-18(14-16)31-2/h5-7,10-14H,3-4,8-9,27H2,1-2H3. The van der Waals surface area contributed by atoms with Gasteiger partial charge in [-0.1, -0.05) is 24.3 Å². The summed E-state index contributed by atoms with van der Waals surface area (Å²) >= 11 is 1.38. The Morgan fingerprint density at radius 2 is 1.75 bits per heavy atom. The highest BCUT2D eigenvalue weighted by Gasteiger charge is 2.26. The van der Waals surface area contributed by atoms with Gasteiger partial charge in [0.2, 0.25) is 5.78 Å². The smallest absolute Gasteiger partial charge is 0.205 e. The van der Waals surface area contributed by atoms with Crippen molar-refractivity contribution in [1.29, 1.82) is 0 Å². The zero-order chi connectivity index (χ0) is 22.2. The summed E-state index contributed by atoms with van der Waals surface area (Å²) in [6.07, 6.45) is 4.17. The molecule has 162 valence electrons. The summed E-state index contributed by atoms with van der Waals surface area (Å²) in [6.45, 7) is 0. The number of nitrogen functional groups attached to an aromatic ring is 1. The van der Waals surface area contributed by atoms with E-state index in [-0.39, 0.29) is 5.78 Å². The zero-order valence-corrected chi connectivity index (χ0v) is 18.9. The molecule has 0 saturated carbocycles. The quantitative estimate of drug-likeness (QED) is 0.401. The molecule has 5 rings (SSSR count). The van der Waals surface area contributed by atoms with E-state index in [1.54, 1.807) is 26.4 Å². The second kappa shape index (κ2) is 8.28. The van der Waals surface area contributed by atoms with Crippen LogP contribution in [0.1, 0.15) is 39.3 Å². The largest absolute Gasteiger partial charge is 0.497 e. The maximum Gasteiger partial charge on any atom is 0.205 e. The molecule has 5 nitrogen and oxygen atoms in total. The Morgan fingerprint density at radius 1 is 1.00 bits per heavy atom. The number of carbonyl (C=O) groups excluding carboxylic acids is 1. The van der Waals surface area contributed by atoms with E-state index in [4.69, 9.17) is 20.2 Å². The fraction of sp³-hybridized carbons (Fsp3) is 0.231. The Bertz CT molecular complexity index is 1330. The van der Waals surface area contributed by atoms with Crippen LogP contribution in [-0.2, 0) is 12.8 Å². The highest BCUT2D eigenvalue weighted by atomic mass is 32.1. The van der Waals surface area contributed by atoms with E-state index in [1.165, 1.54) is 16.9 Å². The molecular formula is C26H24N2O3S. The normalized spacial score (nSPS) is 13.1. The Hall–Kier alpha value is -3.38. The topological polar surface area (TPSA) is 74.4 Å². The van der Waals surface area contributed by atoms with E-state index in [0.29, 0.717) is 21.9 Å². The van der Waals surface area contributed by atoms with Gasteiger partial charge in [0.05, 0.1) is 19.9 Å². The van der Waals surface area contributed by atoms with E-state index in [0.717, 1.165) is 58.5 Å². The fourth-order valence-corrected chi connectivity index (χ4v) is 5.53. The molecular weight excluding hydrogens is 420 g/mol. The minimum Gasteiger partial charge on any atom is -0.497 e. The molecule has 2 aromatic carbocycles. The van der Waals surface area contributed by atoms with Gasteiger partial charge in [0, 0.05) is 16.6 Å². The summed E-state index contributed by atoms with van der Waals surface area (Å²) < 4.78 is 10.6. The van der Waals surface area contributed by atoms with Gasteiger partial charge in [-0.25, -0.2) is 4.98 Å². The lowest BCUT2D eigenvalue weighted by Crippen LogP contribution is -2.08. The predicted octanol–water partition coefficient (Wildman–Crippen LogP) is 5.67. The van der Waals surface area contributed by atoms with Gasteiger partial charge in [-0.3, -0.25) is 4.79 Å². The minimum absolute atomic E-state index is 0.108. The lowest BCUT2D eigenvalue weighted by molar-refractivity contribution is 0.104. The second-order valence-electron chi connectivity index (χ2n) is 7.93. The number of hydrogen-bond donors (Lipinski definition) is 1. The van der Waals surface area contributed by atoms with Crippen molar-refractivity contribution in [3.05, 3.63) is 70.2 Å². The first-order valence-electron chi connectivity index (χ1n) is 10.7. The molecule has 6 heteroatoms. The predicted molar refractivity (Wildman–Crippen MR) is 129 cm³/mol. The molecule has 2 heterocycles. The SMILES string of the molecule is COc1ccc(-c2c3c(nc4sc(C(=O)c5cccc(OC)c5)c(N)c24)CCCC3)cc1. The van der Waals surface area contributed by atoms with Crippen LogP contribution in [0.15, 0.2) is 48.5 Å². The first-order chi connectivity index (χ1) is 15.6. The molecule has 0 unspecified atom stereocenters. The van der Waals surface area contributed by atoms with Gasteiger partial charge in [0.1, 0.15) is 21.2 Å². The first kappa shape index (κ1) is 20.5. The molecule has 1 aliphatic rings. The number of rotatable bonds is 5. The van der Waals surface area contributed by atoms with Crippen LogP contribution in [0.2, 0.25) is 0 Å². The van der Waals surface area contributed by atoms with E-state index >= 15 is 0 Å². The zero-order valence-electron chi connectivity index (χ0n) is 18.1. The number of ether oxygens (including phenoxy) is 2. The third-order valence-corrected chi connectivity index (χ3v) is 7.17. The average molecular weight is 445 g/mol. The van der Waals surface area contributed by atoms with Crippen molar-refractivity contribution in [2.75, 3.05) is 20.0 Å². The van der Waals surface area contributed by atoms with Crippen LogP contribution < -0.4 is 15.2 Å². The Kier molecular flexibility index (Phi) is 5.31. The van der Waals surface area contributed by atoms with Gasteiger partial charge in [-0.15, -0.1) is 11.3 Å². The number of ketones is 1. The third kappa shape index (κ3) is 3.41. The highest BCUT2D eigenvalue weighted by molar-refractivity contribution is 7.21. The number of pyridine rings is 1. The lowest BCUT2D eigenvalue weighted by Gasteiger charge is -2.20. The number of carbonyl (C=O) groups is 1. The summed E-state index contributed by atoms with van der Waals surface area (Å²) in [5.41, 5.74) is 12.3. The number of aromatic nitrogens is 1. The van der Waals surface area contributed by atoms with E-state index < -0.39 is 0 Å². The molecule has 0 atom stereocenters. The molecule has 32 heavy (non-hydrogen) atoms. The van der Waals surface area contributed by atoms with Crippen molar-refractivity contribution in [2.45, 2.75) is 25.7 Å². The van der Waals surface area contributed by atoms with E-state index in [9.17, 15) is 4.79 Å². The Balaban J connectivity index is 1.73. The molecule has 0 aliphatic heterocycles. The Morgan fingerprint density at radius 3 is 2.50 bits per heavy atom. The minimum atomic E-state index is -0.108. The van der Waals surface area contributed by atoms with Crippen LogP contribution in [0.3, 0.4) is 0 Å². The molecule has 0 saturated heterocycles. The van der Waals surface area contributed by atoms with E-state index in [2.05, 4.69) is 12.1 Å². The maximum absolute atomic E-state index is 13.4. The summed E-state index contributed by atoms with van der Waals surface area (Å²) in [5.74, 6) is 1.34. The Labute approximate surface area is 190 Å². The lowest BCUT2D eigenvalue weighted by atomic mass is 9.87. The number of benzene rings is 2. The first-order valence-corrected chi connectivity index (χ1v) is 11.5. The van der Waals surface area contributed by atoms with Crippen LogP contribution in [-0.4, -0.2) is 25.0 Å². The highest BCUT2D eigenvalue weighted by Crippen LogP contribution is 2.44. The van der Waals surface area contributed by atoms with Crippen LogP contribution in [0, 0.1) is 0 Å². The molecule has 0 radical (unpaired) electrons. The molecule has 0 spiro atoms. The summed E-state index contributed by atoms with van der Waals surface area (Å²) in [7, 11) is 3.25. The van der Waals surface area contributed by atoms with Crippen molar-refractivity contribution in [3.8, 4) is 22.6 Å². The third-order valence-electron chi connectivity index (χ3n) is 6.07. The van der Waals surface area contributed by atoms with Crippen molar-refractivity contribution in [3.63, 3.8) is 0 Å². The van der Waals surface area contributed by atoms with E-state index in [1.807, 2.05) is 24.3 Å². The number of fused-ring (bicyclic) bond motifs is 2. The van der Waals surface area contributed by atoms with Crippen LogP contribution >= 0.6 is 11.3 Å². The molecule has 0 amide bonds. The van der Waals surface area contributed by atoms with Crippen LogP contribution in [0.4, 0.5) is 5.69 Å². The number of hydrogen-bond acceptors (Lipinski definition) is 6. The molecule has 2 N–H and O–H groups in total. The van der Waals surface area contributed by atoms with Gasteiger partial charge >= 0.3 is 0 Å². The summed E-state index contributed by atoms with van der Waals surface area (Å²) in [4.78, 5) is 19.7. The molecule has 0 bridgehead atoms. The van der Waals surface area contributed by atoms with Crippen molar-refractivity contribution in [2.24, 2.45) is 0 Å². The van der Waals surface area contributed by atoms with Crippen LogP contribution in [0.25, 0.3) is 21.3 Å². The number of thiophene rings is 1. The molecule has 1 aliphatic carbocycles. The summed E-state index contributed by atoms with van der Waals surface area (Å²) in [6, 6.07) is 15.2. The summed E-state index contributed by atoms with van der Waals surface area (Å²) in [5, 5.41) is 0.882. The van der Waals surface area contributed by atoms with Crippen LogP contribution in [0.5, 0.6) is 11.5 Å². The van der Waals surface area contributed by atoms with Gasteiger partial charge in [0.25, 0.3) is 0 Å². The number of nitrogens with two attached hydrogens (primary N) is 1. The molecule has 4 aromatic rings. The van der Waals surface area contributed by atoms with Gasteiger partial charge in [-0.2, -0.15) is 0 Å². The van der Waals surface area contributed by atoms with Gasteiger partial charge < -0.3 is 15.2 Å². The molecule has 2 aromatic heterocycles. The monoisotopic (exact) mass is 444 g/mol. The maximum atomic E-state index is 13.4. The number of anilines is 1. The van der Waals surface area contributed by atoms with Gasteiger partial charge in [-0.05, 0) is 66.6 Å². The van der Waals surface area contributed by atoms with Crippen molar-refractivity contribution in [1.82, 2.24) is 4.98 Å². The van der Waals surface area contributed by atoms with Crippen molar-refractivity contribution >= 4 is 33.0 Å². The number of aryl methyl sites for hydroxylation is 1. The molecule has 0 fully saturated rings. The second-order valence-corrected chi connectivity index (χ2v) is 8.93.